The summed E-state index contributed by atoms with van der Waals surface area (Å²) in [5.74, 6) is -0.623. The van der Waals surface area contributed by atoms with Crippen LogP contribution in [0, 0.1) is 6.92 Å². The molecular formula is C20H20ClF3N2O3S. The van der Waals surface area contributed by atoms with Crippen molar-refractivity contribution in [3.05, 3.63) is 64.2 Å². The van der Waals surface area contributed by atoms with Crippen molar-refractivity contribution in [3.63, 3.8) is 0 Å². The van der Waals surface area contributed by atoms with E-state index in [1.165, 1.54) is 12.1 Å². The monoisotopic (exact) mass is 460 g/mol. The van der Waals surface area contributed by atoms with Crippen LogP contribution >= 0.6 is 11.6 Å². The molecule has 30 heavy (non-hydrogen) atoms. The normalized spacial score (nSPS) is 12.2. The van der Waals surface area contributed by atoms with Crippen molar-refractivity contribution >= 4 is 45.0 Å². The molecule has 0 unspecified atom stereocenters. The molecule has 2 N–H and O–H groups in total. The number of alkyl halides is 3. The van der Waals surface area contributed by atoms with Gasteiger partial charge in [0.15, 0.2) is 0 Å². The standard InChI is InChI=1S/C20H20ClF3N2O3S/c1-3-11-30(28,29)26-18-6-4-5-17(13(18)2)25-19(27)10-8-14-7-9-16(21)15(12-14)20(22,23)24/h4-10,12,26H,3,11H2,1-2H3,(H,25,27)/b10-8+. The van der Waals surface area contributed by atoms with E-state index in [0.29, 0.717) is 23.4 Å². The van der Waals surface area contributed by atoms with Crippen molar-refractivity contribution in [2.24, 2.45) is 0 Å². The van der Waals surface area contributed by atoms with Crippen molar-refractivity contribution < 1.29 is 26.4 Å². The Morgan fingerprint density at radius 2 is 1.83 bits per heavy atom. The highest BCUT2D eigenvalue weighted by Crippen LogP contribution is 2.35. The Kier molecular flexibility index (Phi) is 7.54. The highest BCUT2D eigenvalue weighted by molar-refractivity contribution is 7.92. The SMILES string of the molecule is CCCS(=O)(=O)Nc1cccc(NC(=O)/C=C/c2ccc(Cl)c(C(F)(F)F)c2)c1C. The minimum absolute atomic E-state index is 0.0349. The van der Waals surface area contributed by atoms with E-state index in [1.54, 1.807) is 32.0 Å². The highest BCUT2D eigenvalue weighted by atomic mass is 35.5. The molecule has 0 saturated carbocycles. The zero-order valence-electron chi connectivity index (χ0n) is 16.2. The van der Waals surface area contributed by atoms with Gasteiger partial charge in [0.2, 0.25) is 15.9 Å². The summed E-state index contributed by atoms with van der Waals surface area (Å²) in [6.07, 6.45) is -1.84. The number of carbonyl (C=O) groups is 1. The van der Waals surface area contributed by atoms with Gasteiger partial charge in [0.05, 0.1) is 22.0 Å². The van der Waals surface area contributed by atoms with Crippen molar-refractivity contribution in [2.75, 3.05) is 15.8 Å². The molecule has 0 bridgehead atoms. The van der Waals surface area contributed by atoms with E-state index in [9.17, 15) is 26.4 Å². The first-order chi connectivity index (χ1) is 13.9. The fourth-order valence-corrected chi connectivity index (χ4v) is 4.00. The highest BCUT2D eigenvalue weighted by Gasteiger charge is 2.33. The van der Waals surface area contributed by atoms with Crippen LogP contribution in [0.3, 0.4) is 0 Å². The number of hydrogen-bond donors (Lipinski definition) is 2. The second-order valence-corrected chi connectivity index (χ2v) is 8.71. The van der Waals surface area contributed by atoms with Gasteiger partial charge >= 0.3 is 6.18 Å². The number of anilines is 2. The first-order valence-electron chi connectivity index (χ1n) is 8.89. The van der Waals surface area contributed by atoms with Gasteiger partial charge < -0.3 is 5.32 Å². The summed E-state index contributed by atoms with van der Waals surface area (Å²) in [6.45, 7) is 3.38. The van der Waals surface area contributed by atoms with Crippen molar-refractivity contribution in [1.82, 2.24) is 0 Å². The first-order valence-corrected chi connectivity index (χ1v) is 10.9. The van der Waals surface area contributed by atoms with E-state index in [-0.39, 0.29) is 11.3 Å². The van der Waals surface area contributed by atoms with E-state index >= 15 is 0 Å². The Labute approximate surface area is 178 Å². The quantitative estimate of drug-likeness (QED) is 0.538. The van der Waals surface area contributed by atoms with Crippen LogP contribution in [0.5, 0.6) is 0 Å². The predicted molar refractivity (Wildman–Crippen MR) is 113 cm³/mol. The molecule has 10 heteroatoms. The number of nitrogens with one attached hydrogen (secondary N) is 2. The molecule has 162 valence electrons. The van der Waals surface area contributed by atoms with E-state index in [4.69, 9.17) is 11.6 Å². The Hall–Kier alpha value is -2.52. The molecular weight excluding hydrogens is 441 g/mol. The summed E-state index contributed by atoms with van der Waals surface area (Å²) in [5, 5.41) is 2.16. The molecule has 0 aliphatic heterocycles. The topological polar surface area (TPSA) is 75.3 Å². The third kappa shape index (κ3) is 6.50. The van der Waals surface area contributed by atoms with E-state index in [0.717, 1.165) is 18.2 Å². The zero-order chi connectivity index (χ0) is 22.5. The summed E-state index contributed by atoms with van der Waals surface area (Å²) in [4.78, 5) is 12.2. The smallest absolute Gasteiger partial charge is 0.322 e. The van der Waals surface area contributed by atoms with E-state index in [1.807, 2.05) is 0 Å². The van der Waals surface area contributed by atoms with Crippen LogP contribution in [0.25, 0.3) is 6.08 Å². The minimum Gasteiger partial charge on any atom is -0.322 e. The Morgan fingerprint density at radius 1 is 1.17 bits per heavy atom. The van der Waals surface area contributed by atoms with Crippen molar-refractivity contribution in [1.29, 1.82) is 0 Å². The van der Waals surface area contributed by atoms with E-state index < -0.39 is 32.7 Å². The molecule has 0 aromatic heterocycles. The van der Waals surface area contributed by atoms with Gasteiger partial charge in [-0.2, -0.15) is 13.2 Å². The maximum atomic E-state index is 12.9. The van der Waals surface area contributed by atoms with Gasteiger partial charge in [0.25, 0.3) is 0 Å². The van der Waals surface area contributed by atoms with Gasteiger partial charge in [0, 0.05) is 11.8 Å². The third-order valence-corrected chi connectivity index (χ3v) is 5.86. The number of benzene rings is 2. The van der Waals surface area contributed by atoms with Gasteiger partial charge in [-0.15, -0.1) is 0 Å². The van der Waals surface area contributed by atoms with Gasteiger partial charge in [-0.1, -0.05) is 30.7 Å². The van der Waals surface area contributed by atoms with Crippen molar-refractivity contribution in [3.8, 4) is 0 Å². The molecule has 0 atom stereocenters. The number of amides is 1. The molecule has 0 spiro atoms. The lowest BCUT2D eigenvalue weighted by molar-refractivity contribution is -0.137. The Morgan fingerprint density at radius 3 is 2.47 bits per heavy atom. The lowest BCUT2D eigenvalue weighted by Gasteiger charge is -2.13. The number of hydrogen-bond acceptors (Lipinski definition) is 3. The fraction of sp³-hybridized carbons (Fsp3) is 0.250. The van der Waals surface area contributed by atoms with Gasteiger partial charge in [-0.3, -0.25) is 9.52 Å². The molecule has 2 aromatic rings. The van der Waals surface area contributed by atoms with Crippen LogP contribution in [0.4, 0.5) is 24.5 Å². The molecule has 0 saturated heterocycles. The molecule has 2 aromatic carbocycles. The minimum atomic E-state index is -4.61. The lowest BCUT2D eigenvalue weighted by atomic mass is 10.1. The van der Waals surface area contributed by atoms with Crippen LogP contribution in [0.2, 0.25) is 5.02 Å². The molecule has 5 nitrogen and oxygen atoms in total. The maximum Gasteiger partial charge on any atom is 0.417 e. The van der Waals surface area contributed by atoms with Crippen LogP contribution in [-0.2, 0) is 21.0 Å². The Bertz CT molecular complexity index is 1070. The number of halogens is 4. The summed E-state index contributed by atoms with van der Waals surface area (Å²) in [5.41, 5.74) is 0.366. The average molecular weight is 461 g/mol. The second-order valence-electron chi connectivity index (χ2n) is 6.46. The number of rotatable bonds is 7. The van der Waals surface area contributed by atoms with Crippen LogP contribution < -0.4 is 10.0 Å². The fourth-order valence-electron chi connectivity index (χ4n) is 2.58. The predicted octanol–water partition coefficient (Wildman–Crippen LogP) is 5.47. The largest absolute Gasteiger partial charge is 0.417 e. The molecule has 0 aliphatic rings. The first kappa shape index (κ1) is 23.8. The van der Waals surface area contributed by atoms with E-state index in [2.05, 4.69) is 10.0 Å². The molecule has 0 heterocycles. The Balaban J connectivity index is 2.17. The van der Waals surface area contributed by atoms with Crippen LogP contribution in [0.15, 0.2) is 42.5 Å². The summed E-state index contributed by atoms with van der Waals surface area (Å²) < 4.78 is 65.2. The van der Waals surface area contributed by atoms with Gasteiger partial charge in [-0.05, 0) is 54.8 Å². The number of sulfonamides is 1. The maximum absolute atomic E-state index is 12.9. The average Bonchev–Trinajstić information content (AvgIpc) is 2.63. The van der Waals surface area contributed by atoms with Gasteiger partial charge in [0.1, 0.15) is 0 Å². The third-order valence-electron chi connectivity index (χ3n) is 4.05. The van der Waals surface area contributed by atoms with Crippen LogP contribution in [0.1, 0.15) is 30.0 Å². The molecule has 2 rings (SSSR count). The number of carbonyl (C=O) groups excluding carboxylic acids is 1. The lowest BCUT2D eigenvalue weighted by Crippen LogP contribution is -2.17. The second kappa shape index (κ2) is 9.53. The molecule has 0 radical (unpaired) electrons. The zero-order valence-corrected chi connectivity index (χ0v) is 17.8. The summed E-state index contributed by atoms with van der Waals surface area (Å²) in [7, 11) is -3.50. The molecule has 0 fully saturated rings. The van der Waals surface area contributed by atoms with Gasteiger partial charge in [-0.25, -0.2) is 8.42 Å². The van der Waals surface area contributed by atoms with Crippen LogP contribution in [-0.4, -0.2) is 20.1 Å². The van der Waals surface area contributed by atoms with Crippen molar-refractivity contribution in [2.45, 2.75) is 26.4 Å². The molecule has 1 amide bonds. The summed E-state index contributed by atoms with van der Waals surface area (Å²) in [6, 6.07) is 8.04. The molecule has 0 aliphatic carbocycles. The summed E-state index contributed by atoms with van der Waals surface area (Å²) >= 11 is 5.58.